The molecule has 3 heteroatoms. The molecule has 0 atom stereocenters. The van der Waals surface area contributed by atoms with Crippen LogP contribution in [0.2, 0.25) is 0 Å². The van der Waals surface area contributed by atoms with E-state index in [1.165, 1.54) is 0 Å². The SMILES string of the molecule is CBr.IC(C1=CC=CC1)C1=CC=CC1.[C-]1=CC=CC1.[C-]1=CC=CC1.[Ti+2]. The Morgan fingerprint density at radius 2 is 1.24 bits per heavy atom. The average Bonchev–Trinajstić information content (AvgIpc) is 3.46. The van der Waals surface area contributed by atoms with Crippen LogP contribution in [0.15, 0.2) is 84.1 Å². The van der Waals surface area contributed by atoms with Gasteiger partial charge < -0.3 is 0 Å². The zero-order chi connectivity index (χ0) is 17.5. The van der Waals surface area contributed by atoms with Crippen LogP contribution in [0.25, 0.3) is 0 Å². The van der Waals surface area contributed by atoms with Crippen molar-refractivity contribution >= 4 is 38.5 Å². The molecule has 0 aromatic carbocycles. The van der Waals surface area contributed by atoms with Gasteiger partial charge in [-0.25, -0.2) is 24.3 Å². The van der Waals surface area contributed by atoms with Gasteiger partial charge in [-0.05, 0) is 29.8 Å². The first-order chi connectivity index (χ1) is 11.9. The zero-order valence-electron chi connectivity index (χ0n) is 14.6. The Labute approximate surface area is 190 Å². The van der Waals surface area contributed by atoms with E-state index in [0.29, 0.717) is 3.92 Å². The van der Waals surface area contributed by atoms with Crippen molar-refractivity contribution in [1.29, 1.82) is 0 Å². The van der Waals surface area contributed by atoms with E-state index >= 15 is 0 Å². The molecular weight excluding hydrogens is 519 g/mol. The third-order valence-electron chi connectivity index (χ3n) is 3.42. The third kappa shape index (κ3) is 11.2. The Kier molecular flexibility index (Phi) is 17.2. The van der Waals surface area contributed by atoms with Crippen LogP contribution in [-0.2, 0) is 21.7 Å². The van der Waals surface area contributed by atoms with Crippen LogP contribution in [0.1, 0.15) is 25.7 Å². The minimum absolute atomic E-state index is 0. The molecule has 4 aliphatic rings. The molecule has 0 aromatic rings. The van der Waals surface area contributed by atoms with Crippen LogP contribution in [0.4, 0.5) is 0 Å². The normalized spacial score (nSPS) is 17.1. The third-order valence-corrected chi connectivity index (χ3v) is 5.02. The predicted octanol–water partition coefficient (Wildman–Crippen LogP) is 7.18. The number of rotatable bonds is 2. The van der Waals surface area contributed by atoms with Gasteiger partial charge in [-0.2, -0.15) is 12.2 Å². The standard InChI is InChI=1S/C11H11I.2C5H5.CH3Br.Ti/c12-11(9-5-1-2-6-9)10-7-3-4-8-10;2*1-2-4-5-3-1;1-2;/h1-5,7,11H,6,8H2;2*1-3H,4H2;1H3;/q;2*-1;;+2. The summed E-state index contributed by atoms with van der Waals surface area (Å²) in [6, 6.07) is 0. The number of alkyl halides is 2. The number of allylic oxidation sites excluding steroid dienone is 16. The van der Waals surface area contributed by atoms with E-state index in [2.05, 4.69) is 99.3 Å². The van der Waals surface area contributed by atoms with Crippen molar-refractivity contribution in [3.8, 4) is 0 Å². The molecule has 0 amide bonds. The van der Waals surface area contributed by atoms with Gasteiger partial charge in [0.2, 0.25) is 0 Å². The molecule has 0 aromatic heterocycles. The molecule has 0 fully saturated rings. The first-order valence-corrected chi connectivity index (χ1v) is 10.9. The molecule has 0 spiro atoms. The zero-order valence-corrected chi connectivity index (χ0v) is 19.9. The molecule has 130 valence electrons. The second-order valence-corrected chi connectivity index (χ2v) is 6.36. The molecule has 0 bridgehead atoms. The van der Waals surface area contributed by atoms with Gasteiger partial charge in [0.1, 0.15) is 0 Å². The summed E-state index contributed by atoms with van der Waals surface area (Å²) < 4.78 is 0.618. The molecule has 0 nitrogen and oxygen atoms in total. The Hall–Kier alpha value is -0.156. The van der Waals surface area contributed by atoms with E-state index in [0.717, 1.165) is 25.7 Å². The Balaban J connectivity index is 0.000000370. The number of hydrogen-bond acceptors (Lipinski definition) is 0. The second kappa shape index (κ2) is 17.3. The molecule has 25 heavy (non-hydrogen) atoms. The monoisotopic (exact) mass is 542 g/mol. The van der Waals surface area contributed by atoms with Gasteiger partial charge in [0.25, 0.3) is 0 Å². The second-order valence-electron chi connectivity index (χ2n) is 5.12. The molecule has 4 rings (SSSR count). The summed E-state index contributed by atoms with van der Waals surface area (Å²) in [5, 5.41) is 0. The van der Waals surface area contributed by atoms with E-state index < -0.39 is 0 Å². The molecule has 4 aliphatic carbocycles. The largest absolute Gasteiger partial charge is 2.00 e. The summed E-state index contributed by atoms with van der Waals surface area (Å²) in [4.78, 5) is 0. The maximum Gasteiger partial charge on any atom is 2.00 e. The van der Waals surface area contributed by atoms with E-state index in [1.807, 2.05) is 30.1 Å². The van der Waals surface area contributed by atoms with Crippen molar-refractivity contribution in [3.05, 3.63) is 96.2 Å². The van der Waals surface area contributed by atoms with Crippen LogP contribution in [0.3, 0.4) is 0 Å². The van der Waals surface area contributed by atoms with E-state index in [4.69, 9.17) is 0 Å². The molecule has 0 saturated heterocycles. The van der Waals surface area contributed by atoms with Gasteiger partial charge in [0, 0.05) is 0 Å². The first kappa shape index (κ1) is 24.8. The molecule has 0 aliphatic heterocycles. The molecule has 0 N–H and O–H groups in total. The fourth-order valence-corrected chi connectivity index (χ4v) is 3.15. The summed E-state index contributed by atoms with van der Waals surface area (Å²) in [5.74, 6) is 1.81. The van der Waals surface area contributed by atoms with Crippen molar-refractivity contribution in [2.45, 2.75) is 29.6 Å². The number of halogens is 2. The average molecular weight is 543 g/mol. The van der Waals surface area contributed by atoms with Gasteiger partial charge >= 0.3 is 21.7 Å². The molecule has 0 unspecified atom stereocenters. The summed E-state index contributed by atoms with van der Waals surface area (Å²) in [6.45, 7) is 0. The molecule has 0 radical (unpaired) electrons. The number of hydrogen-bond donors (Lipinski definition) is 0. The molecule has 0 saturated carbocycles. The van der Waals surface area contributed by atoms with Crippen molar-refractivity contribution in [1.82, 2.24) is 0 Å². The van der Waals surface area contributed by atoms with Gasteiger partial charge in [-0.1, -0.05) is 75.0 Å². The maximum atomic E-state index is 2.99. The van der Waals surface area contributed by atoms with Crippen molar-refractivity contribution in [2.24, 2.45) is 0 Å². The minimum Gasteiger partial charge on any atom is -0.273 e. The Morgan fingerprint density at radius 3 is 1.44 bits per heavy atom. The summed E-state index contributed by atoms with van der Waals surface area (Å²) >= 11 is 5.47. The van der Waals surface area contributed by atoms with Crippen LogP contribution in [0, 0.1) is 12.2 Å². The van der Waals surface area contributed by atoms with Crippen LogP contribution in [0.5, 0.6) is 0 Å². The van der Waals surface area contributed by atoms with Crippen LogP contribution in [-0.4, -0.2) is 9.76 Å². The van der Waals surface area contributed by atoms with E-state index in [-0.39, 0.29) is 21.7 Å². The molecule has 0 heterocycles. The minimum atomic E-state index is 0. The van der Waals surface area contributed by atoms with Crippen molar-refractivity contribution in [2.75, 3.05) is 5.83 Å². The van der Waals surface area contributed by atoms with Gasteiger partial charge in [0.05, 0.1) is 3.92 Å². The smallest absolute Gasteiger partial charge is 0.273 e. The Bertz CT molecular complexity index is 517. The quantitative estimate of drug-likeness (QED) is 0.150. The molecular formula is C22H24BrITi. The van der Waals surface area contributed by atoms with E-state index in [9.17, 15) is 0 Å². The van der Waals surface area contributed by atoms with E-state index in [1.54, 1.807) is 11.1 Å². The summed E-state index contributed by atoms with van der Waals surface area (Å²) in [6.07, 6.45) is 35.5. The topological polar surface area (TPSA) is 0 Å². The van der Waals surface area contributed by atoms with Crippen LogP contribution >= 0.6 is 38.5 Å². The fourth-order valence-electron chi connectivity index (χ4n) is 2.22. The Morgan fingerprint density at radius 1 is 0.800 bits per heavy atom. The van der Waals surface area contributed by atoms with Gasteiger partial charge in [0.15, 0.2) is 0 Å². The van der Waals surface area contributed by atoms with Gasteiger partial charge in [-0.15, -0.1) is 12.8 Å². The summed E-state index contributed by atoms with van der Waals surface area (Å²) in [7, 11) is 0. The van der Waals surface area contributed by atoms with Crippen LogP contribution < -0.4 is 0 Å². The predicted molar refractivity (Wildman–Crippen MR) is 119 cm³/mol. The van der Waals surface area contributed by atoms with Crippen molar-refractivity contribution < 1.29 is 21.7 Å². The van der Waals surface area contributed by atoms with Gasteiger partial charge in [-0.3, -0.25) is 12.2 Å². The first-order valence-electron chi connectivity index (χ1n) is 8.04. The van der Waals surface area contributed by atoms with Crippen molar-refractivity contribution in [3.63, 3.8) is 0 Å². The fraction of sp³-hybridized carbons (Fsp3) is 0.273. The maximum absolute atomic E-state index is 2.99. The summed E-state index contributed by atoms with van der Waals surface area (Å²) in [5.41, 5.74) is 3.09.